The van der Waals surface area contributed by atoms with E-state index < -0.39 is 0 Å². The Labute approximate surface area is 82.9 Å². The molecule has 0 unspecified atom stereocenters. The van der Waals surface area contributed by atoms with Gasteiger partial charge in [0.05, 0.1) is 12.4 Å². The van der Waals surface area contributed by atoms with Crippen LogP contribution < -0.4 is 4.84 Å². The van der Waals surface area contributed by atoms with Crippen molar-refractivity contribution in [3.05, 3.63) is 47.8 Å². The lowest BCUT2D eigenvalue weighted by Crippen LogP contribution is -2.07. The molecule has 1 radical (unpaired) electrons. The predicted molar refractivity (Wildman–Crippen MR) is 53.0 cm³/mol. The SMILES string of the molecule is Cc1cccc(C)c1On1c[c]cn1. The summed E-state index contributed by atoms with van der Waals surface area (Å²) in [6.45, 7) is 4.02. The van der Waals surface area contributed by atoms with Crippen LogP contribution in [0.1, 0.15) is 11.1 Å². The number of aromatic nitrogens is 2. The largest absolute Gasteiger partial charge is 0.358 e. The van der Waals surface area contributed by atoms with Crippen LogP contribution in [0.4, 0.5) is 0 Å². The number of nitrogens with zero attached hydrogens (tertiary/aromatic N) is 2. The van der Waals surface area contributed by atoms with Crippen molar-refractivity contribution in [2.45, 2.75) is 13.8 Å². The van der Waals surface area contributed by atoms with E-state index in [-0.39, 0.29) is 0 Å². The standard InChI is InChI=1S/C11H11N2O/c1-9-5-3-6-10(2)11(9)14-13-8-4-7-12-13/h3,5-8H,1-2H3. The zero-order chi connectivity index (χ0) is 9.97. The summed E-state index contributed by atoms with van der Waals surface area (Å²) >= 11 is 0. The summed E-state index contributed by atoms with van der Waals surface area (Å²) < 4.78 is 0. The molecule has 2 rings (SSSR count). The second-order valence-electron chi connectivity index (χ2n) is 3.16. The molecule has 0 saturated carbocycles. The van der Waals surface area contributed by atoms with Crippen molar-refractivity contribution in [1.82, 2.24) is 9.94 Å². The molecule has 71 valence electrons. The van der Waals surface area contributed by atoms with Crippen LogP contribution in [0, 0.1) is 19.9 Å². The number of benzene rings is 1. The Morgan fingerprint density at radius 1 is 1.29 bits per heavy atom. The average molecular weight is 187 g/mol. The molecule has 0 aliphatic heterocycles. The lowest BCUT2D eigenvalue weighted by Gasteiger charge is -2.09. The van der Waals surface area contributed by atoms with Gasteiger partial charge in [-0.1, -0.05) is 23.0 Å². The molecule has 0 N–H and O–H groups in total. The zero-order valence-corrected chi connectivity index (χ0v) is 8.19. The molecule has 0 bridgehead atoms. The topological polar surface area (TPSA) is 27.1 Å². The molecule has 2 aromatic rings. The summed E-state index contributed by atoms with van der Waals surface area (Å²) in [5, 5.41) is 3.93. The molecule has 0 aliphatic carbocycles. The minimum Gasteiger partial charge on any atom is -0.358 e. The average Bonchev–Trinajstić information content (AvgIpc) is 2.64. The fraction of sp³-hybridized carbons (Fsp3) is 0.182. The highest BCUT2D eigenvalue weighted by Crippen LogP contribution is 2.22. The van der Waals surface area contributed by atoms with E-state index in [1.165, 1.54) is 4.85 Å². The third-order valence-electron chi connectivity index (χ3n) is 2.02. The van der Waals surface area contributed by atoms with E-state index in [0.29, 0.717) is 0 Å². The van der Waals surface area contributed by atoms with Crippen molar-refractivity contribution < 1.29 is 4.84 Å². The Hall–Kier alpha value is -1.77. The minimum absolute atomic E-state index is 0.851. The Morgan fingerprint density at radius 2 is 2.00 bits per heavy atom. The summed E-state index contributed by atoms with van der Waals surface area (Å²) in [6.07, 6.45) is 3.21. The number of aryl methyl sites for hydroxylation is 2. The van der Waals surface area contributed by atoms with Crippen LogP contribution in [0.5, 0.6) is 5.75 Å². The fourth-order valence-corrected chi connectivity index (χ4v) is 1.31. The van der Waals surface area contributed by atoms with E-state index in [1.807, 2.05) is 32.0 Å². The highest BCUT2D eigenvalue weighted by molar-refractivity contribution is 5.39. The monoisotopic (exact) mass is 187 g/mol. The molecule has 1 aromatic heterocycles. The molecule has 0 fully saturated rings. The maximum Gasteiger partial charge on any atom is 0.163 e. The summed E-state index contributed by atoms with van der Waals surface area (Å²) in [5.41, 5.74) is 2.20. The lowest BCUT2D eigenvalue weighted by molar-refractivity contribution is 0.176. The van der Waals surface area contributed by atoms with Crippen LogP contribution >= 0.6 is 0 Å². The van der Waals surface area contributed by atoms with Crippen LogP contribution in [0.25, 0.3) is 0 Å². The van der Waals surface area contributed by atoms with Gasteiger partial charge in [0.1, 0.15) is 0 Å². The number of hydrogen-bond acceptors (Lipinski definition) is 2. The van der Waals surface area contributed by atoms with Crippen molar-refractivity contribution in [2.24, 2.45) is 0 Å². The van der Waals surface area contributed by atoms with E-state index in [9.17, 15) is 0 Å². The third-order valence-corrected chi connectivity index (χ3v) is 2.02. The first-order valence-electron chi connectivity index (χ1n) is 4.42. The van der Waals surface area contributed by atoms with Crippen molar-refractivity contribution >= 4 is 0 Å². The molecule has 0 saturated heterocycles. The smallest absolute Gasteiger partial charge is 0.163 e. The zero-order valence-electron chi connectivity index (χ0n) is 8.19. The van der Waals surface area contributed by atoms with Crippen LogP contribution in [-0.2, 0) is 0 Å². The first-order valence-corrected chi connectivity index (χ1v) is 4.42. The summed E-state index contributed by atoms with van der Waals surface area (Å²) in [6, 6.07) is 8.84. The molecule has 0 amide bonds. The van der Waals surface area contributed by atoms with Gasteiger partial charge in [0, 0.05) is 6.07 Å². The Bertz CT molecular complexity index is 401. The first kappa shape index (κ1) is 8.81. The van der Waals surface area contributed by atoms with Crippen LogP contribution in [0.15, 0.2) is 30.6 Å². The summed E-state index contributed by atoms with van der Waals surface area (Å²) in [7, 11) is 0. The van der Waals surface area contributed by atoms with Gasteiger partial charge in [-0.15, -0.1) is 5.10 Å². The molecule has 14 heavy (non-hydrogen) atoms. The Morgan fingerprint density at radius 3 is 2.57 bits per heavy atom. The lowest BCUT2D eigenvalue weighted by atomic mass is 10.1. The maximum absolute atomic E-state index is 5.55. The Kier molecular flexibility index (Phi) is 2.23. The predicted octanol–water partition coefficient (Wildman–Crippen LogP) is 2.14. The van der Waals surface area contributed by atoms with Gasteiger partial charge < -0.3 is 4.84 Å². The quantitative estimate of drug-likeness (QED) is 0.720. The van der Waals surface area contributed by atoms with Gasteiger partial charge in [0.25, 0.3) is 0 Å². The van der Waals surface area contributed by atoms with Gasteiger partial charge in [0.2, 0.25) is 0 Å². The highest BCUT2D eigenvalue weighted by Gasteiger charge is 2.04. The van der Waals surface area contributed by atoms with Gasteiger partial charge in [-0.2, -0.15) is 0 Å². The molecule has 0 spiro atoms. The fourth-order valence-electron chi connectivity index (χ4n) is 1.31. The van der Waals surface area contributed by atoms with Crippen molar-refractivity contribution in [3.8, 4) is 5.75 Å². The van der Waals surface area contributed by atoms with Crippen molar-refractivity contribution in [1.29, 1.82) is 0 Å². The van der Waals surface area contributed by atoms with Gasteiger partial charge in [-0.25, -0.2) is 0 Å². The molecule has 1 aromatic carbocycles. The minimum atomic E-state index is 0.851. The van der Waals surface area contributed by atoms with E-state index in [1.54, 1.807) is 12.4 Å². The van der Waals surface area contributed by atoms with E-state index in [2.05, 4.69) is 11.2 Å². The normalized spacial score (nSPS) is 10.1. The Balaban J connectivity index is 2.33. The van der Waals surface area contributed by atoms with Gasteiger partial charge in [-0.3, -0.25) is 0 Å². The molecule has 0 aliphatic rings. The van der Waals surface area contributed by atoms with Gasteiger partial charge in [0.15, 0.2) is 5.75 Å². The molecular weight excluding hydrogens is 176 g/mol. The molecule has 3 nitrogen and oxygen atoms in total. The summed E-state index contributed by atoms with van der Waals surface area (Å²) in [5.74, 6) is 0.851. The molecular formula is C11H11N2O. The van der Waals surface area contributed by atoms with Crippen molar-refractivity contribution in [2.75, 3.05) is 0 Å². The third kappa shape index (κ3) is 1.62. The highest BCUT2D eigenvalue weighted by atomic mass is 16.7. The van der Waals surface area contributed by atoms with E-state index >= 15 is 0 Å². The number of rotatable bonds is 2. The molecule has 1 heterocycles. The molecule has 3 heteroatoms. The van der Waals surface area contributed by atoms with E-state index in [0.717, 1.165) is 16.9 Å². The van der Waals surface area contributed by atoms with Crippen LogP contribution in [0.3, 0.4) is 0 Å². The number of para-hydroxylation sites is 1. The van der Waals surface area contributed by atoms with Gasteiger partial charge >= 0.3 is 0 Å². The van der Waals surface area contributed by atoms with Crippen LogP contribution in [0.2, 0.25) is 0 Å². The second-order valence-corrected chi connectivity index (χ2v) is 3.16. The second kappa shape index (κ2) is 3.54. The van der Waals surface area contributed by atoms with E-state index in [4.69, 9.17) is 4.84 Å². The number of hydrogen-bond donors (Lipinski definition) is 0. The first-order chi connectivity index (χ1) is 6.77. The maximum atomic E-state index is 5.55. The summed E-state index contributed by atoms with van der Waals surface area (Å²) in [4.78, 5) is 6.95. The van der Waals surface area contributed by atoms with Crippen LogP contribution in [-0.4, -0.2) is 9.94 Å². The van der Waals surface area contributed by atoms with Gasteiger partial charge in [-0.05, 0) is 25.0 Å². The molecule has 0 atom stereocenters. The van der Waals surface area contributed by atoms with Crippen molar-refractivity contribution in [3.63, 3.8) is 0 Å².